The molecule has 148 valence electrons. The molecule has 0 fully saturated rings. The normalized spacial score (nSPS) is 15.1. The van der Waals surface area contributed by atoms with Gasteiger partial charge in [0.1, 0.15) is 0 Å². The largest absolute Gasteiger partial charge is 0.550 e. The first kappa shape index (κ1) is 24.3. The second kappa shape index (κ2) is 16.7. The molecular formula is C20H31O6-. The Morgan fingerprint density at radius 3 is 2.08 bits per heavy atom. The molecular weight excluding hydrogens is 336 g/mol. The van der Waals surface area contributed by atoms with Crippen molar-refractivity contribution in [1.82, 2.24) is 0 Å². The molecule has 0 aliphatic carbocycles. The summed E-state index contributed by atoms with van der Waals surface area (Å²) < 4.78 is 0. The van der Waals surface area contributed by atoms with Crippen LogP contribution in [0.1, 0.15) is 51.4 Å². The number of hydrogen-bond donors (Lipinski definition) is 4. The van der Waals surface area contributed by atoms with E-state index in [1.54, 1.807) is 36.5 Å². The van der Waals surface area contributed by atoms with E-state index in [0.29, 0.717) is 25.7 Å². The van der Waals surface area contributed by atoms with Crippen molar-refractivity contribution < 1.29 is 30.3 Å². The highest BCUT2D eigenvalue weighted by atomic mass is 16.5. The zero-order valence-electron chi connectivity index (χ0n) is 15.1. The maximum Gasteiger partial charge on any atom is 0.151 e. The molecule has 4 N–H and O–H groups in total. The van der Waals surface area contributed by atoms with Gasteiger partial charge in [0.05, 0.1) is 12.2 Å². The average Bonchev–Trinajstić information content (AvgIpc) is 2.56. The van der Waals surface area contributed by atoms with E-state index in [1.807, 2.05) is 12.2 Å². The first-order valence-corrected chi connectivity index (χ1v) is 9.00. The van der Waals surface area contributed by atoms with Crippen LogP contribution in [-0.2, 0) is 4.79 Å². The minimum absolute atomic E-state index is 0.0540. The van der Waals surface area contributed by atoms with Crippen LogP contribution in [0.4, 0.5) is 0 Å². The maximum atomic E-state index is 10.2. The molecule has 0 unspecified atom stereocenters. The highest BCUT2D eigenvalue weighted by molar-refractivity contribution is 5.64. The third-order valence-electron chi connectivity index (χ3n) is 3.51. The Morgan fingerprint density at radius 2 is 1.46 bits per heavy atom. The number of allylic oxidation sites excluding steroid dienone is 5. The lowest BCUT2D eigenvalue weighted by Crippen LogP contribution is -2.22. The molecule has 0 aromatic rings. The van der Waals surface area contributed by atoms with Crippen molar-refractivity contribution >= 4 is 5.97 Å². The molecule has 0 bridgehead atoms. The molecule has 0 radical (unpaired) electrons. The van der Waals surface area contributed by atoms with Gasteiger partial charge in [-0.3, -0.25) is 0 Å². The number of carboxylic acids is 1. The van der Waals surface area contributed by atoms with Crippen molar-refractivity contribution in [2.45, 2.75) is 69.9 Å². The summed E-state index contributed by atoms with van der Waals surface area (Å²) in [5.74, 6) is -1.11. The number of hydrogen-bond acceptors (Lipinski definition) is 6. The van der Waals surface area contributed by atoms with Gasteiger partial charge in [-0.1, -0.05) is 48.6 Å². The fraction of sp³-hybridized carbons (Fsp3) is 0.550. The molecule has 6 nitrogen and oxygen atoms in total. The minimum atomic E-state index is -1.23. The van der Waals surface area contributed by atoms with E-state index in [2.05, 4.69) is 0 Å². The number of rotatable bonds is 15. The van der Waals surface area contributed by atoms with E-state index in [4.69, 9.17) is 10.2 Å². The van der Waals surface area contributed by atoms with Gasteiger partial charge in [-0.25, -0.2) is 0 Å². The first-order chi connectivity index (χ1) is 12.4. The molecule has 0 rings (SSSR count). The molecule has 6 heteroatoms. The zero-order valence-corrected chi connectivity index (χ0v) is 15.1. The second-order valence-electron chi connectivity index (χ2n) is 6.03. The summed E-state index contributed by atoms with van der Waals surface area (Å²) >= 11 is 0. The molecule has 26 heavy (non-hydrogen) atoms. The maximum absolute atomic E-state index is 10.2. The lowest BCUT2D eigenvalue weighted by atomic mass is 10.1. The van der Waals surface area contributed by atoms with Gasteiger partial charge in [0, 0.05) is 5.97 Å². The van der Waals surface area contributed by atoms with Gasteiger partial charge in [-0.05, 0) is 51.4 Å². The summed E-state index contributed by atoms with van der Waals surface area (Å²) in [4.78, 5) is 10.2. The number of carboxylic acid groups (broad SMARTS) is 1. The molecule has 0 aromatic heterocycles. The van der Waals surface area contributed by atoms with Crippen LogP contribution in [0, 0.1) is 0 Å². The molecule has 0 saturated carbocycles. The number of aliphatic hydroxyl groups is 4. The summed E-state index contributed by atoms with van der Waals surface area (Å²) in [5, 5.41) is 47.0. The van der Waals surface area contributed by atoms with Gasteiger partial charge in [0.25, 0.3) is 0 Å². The van der Waals surface area contributed by atoms with E-state index in [0.717, 1.165) is 19.3 Å². The Labute approximate surface area is 155 Å². The number of aliphatic hydroxyl groups excluding tert-OH is 3. The minimum Gasteiger partial charge on any atom is -0.550 e. The van der Waals surface area contributed by atoms with Crippen LogP contribution >= 0.6 is 0 Å². The Morgan fingerprint density at radius 1 is 0.808 bits per heavy atom. The predicted octanol–water partition coefficient (Wildman–Crippen LogP) is 1.11. The lowest BCUT2D eigenvalue weighted by molar-refractivity contribution is -0.305. The second-order valence-corrected chi connectivity index (χ2v) is 6.03. The summed E-state index contributed by atoms with van der Waals surface area (Å²) in [6.45, 7) is 0. The number of carbonyl (C=O) groups excluding carboxylic acids is 1. The fourth-order valence-corrected chi connectivity index (χ4v) is 2.09. The third kappa shape index (κ3) is 18.6. The van der Waals surface area contributed by atoms with E-state index in [-0.39, 0.29) is 6.42 Å². The Balaban J connectivity index is 3.79. The molecule has 0 amide bonds. The van der Waals surface area contributed by atoms with Crippen LogP contribution in [0.25, 0.3) is 0 Å². The van der Waals surface area contributed by atoms with Crippen molar-refractivity contribution in [3.63, 3.8) is 0 Å². The van der Waals surface area contributed by atoms with Crippen molar-refractivity contribution in [2.24, 2.45) is 0 Å². The van der Waals surface area contributed by atoms with Crippen LogP contribution in [0.3, 0.4) is 0 Å². The highest BCUT2D eigenvalue weighted by Crippen LogP contribution is 2.04. The van der Waals surface area contributed by atoms with Crippen LogP contribution in [0.5, 0.6) is 0 Å². The predicted molar refractivity (Wildman–Crippen MR) is 98.7 cm³/mol. The SMILES string of the molecule is O=C([O-])CCC[C@H](O)\C=C/C=C/C=C/[C@H](O)C/C=C\CCCCC(O)O. The average molecular weight is 367 g/mol. The van der Waals surface area contributed by atoms with Gasteiger partial charge in [-0.15, -0.1) is 0 Å². The van der Waals surface area contributed by atoms with Crippen molar-refractivity contribution in [2.75, 3.05) is 0 Å². The monoisotopic (exact) mass is 367 g/mol. The summed E-state index contributed by atoms with van der Waals surface area (Å²) in [6.07, 6.45) is 15.5. The smallest absolute Gasteiger partial charge is 0.151 e. The summed E-state index contributed by atoms with van der Waals surface area (Å²) in [6, 6.07) is 0. The number of unbranched alkanes of at least 4 members (excludes halogenated alkanes) is 2. The van der Waals surface area contributed by atoms with Crippen LogP contribution in [0.15, 0.2) is 48.6 Å². The molecule has 2 atom stereocenters. The third-order valence-corrected chi connectivity index (χ3v) is 3.51. The Hall–Kier alpha value is -1.73. The van der Waals surface area contributed by atoms with E-state index < -0.39 is 24.5 Å². The van der Waals surface area contributed by atoms with Crippen LogP contribution in [0.2, 0.25) is 0 Å². The van der Waals surface area contributed by atoms with E-state index >= 15 is 0 Å². The van der Waals surface area contributed by atoms with Crippen LogP contribution < -0.4 is 5.11 Å². The van der Waals surface area contributed by atoms with E-state index in [9.17, 15) is 20.1 Å². The van der Waals surface area contributed by atoms with Gasteiger partial charge in [-0.2, -0.15) is 0 Å². The van der Waals surface area contributed by atoms with Crippen LogP contribution in [-0.4, -0.2) is 44.9 Å². The van der Waals surface area contributed by atoms with Crippen molar-refractivity contribution in [1.29, 1.82) is 0 Å². The molecule has 0 aliphatic rings. The van der Waals surface area contributed by atoms with Gasteiger partial charge < -0.3 is 30.3 Å². The van der Waals surface area contributed by atoms with Gasteiger partial charge >= 0.3 is 0 Å². The van der Waals surface area contributed by atoms with E-state index in [1.165, 1.54) is 0 Å². The molecule has 0 aliphatic heterocycles. The van der Waals surface area contributed by atoms with Crippen molar-refractivity contribution in [3.8, 4) is 0 Å². The topological polar surface area (TPSA) is 121 Å². The molecule has 0 saturated heterocycles. The number of carbonyl (C=O) groups is 1. The molecule has 0 heterocycles. The zero-order chi connectivity index (χ0) is 19.6. The highest BCUT2D eigenvalue weighted by Gasteiger charge is 1.98. The Bertz CT molecular complexity index is 465. The summed E-state index contributed by atoms with van der Waals surface area (Å²) in [7, 11) is 0. The first-order valence-electron chi connectivity index (χ1n) is 9.00. The lowest BCUT2D eigenvalue weighted by Gasteiger charge is -2.04. The quantitative estimate of drug-likeness (QED) is 0.149. The molecule has 0 aromatic carbocycles. The van der Waals surface area contributed by atoms with Crippen molar-refractivity contribution in [3.05, 3.63) is 48.6 Å². The van der Waals surface area contributed by atoms with Gasteiger partial charge in [0.15, 0.2) is 6.29 Å². The fourth-order valence-electron chi connectivity index (χ4n) is 2.09. The Kier molecular flexibility index (Phi) is 15.6. The summed E-state index contributed by atoms with van der Waals surface area (Å²) in [5.41, 5.74) is 0. The standard InChI is InChI=1S/C20H32O6/c21-17(11-6-2-1-3-9-15-19(23)24)12-7-4-5-8-13-18(22)14-10-16-20(25)26/h2,4-8,12-13,17-19,21-24H,1,3,9-11,14-16H2,(H,25,26)/p-1/b5-4+,6-2-,12-7+,13-8-/t17-,18-/m1/s1. The molecule has 0 spiro atoms. The van der Waals surface area contributed by atoms with Gasteiger partial charge in [0.2, 0.25) is 0 Å². The number of aliphatic carboxylic acids is 1.